The van der Waals surface area contributed by atoms with Crippen molar-refractivity contribution in [2.75, 3.05) is 5.32 Å². The minimum Gasteiger partial charge on any atom is -0.310 e. The normalized spacial score (nSPS) is 16.9. The molecule has 2 aromatic rings. The zero-order valence-corrected chi connectivity index (χ0v) is 12.2. The molecule has 1 amide bonds. The number of thioether (sulfide) groups is 1. The number of rotatable bonds is 4. The summed E-state index contributed by atoms with van der Waals surface area (Å²) >= 11 is 1.64. The molecule has 1 aromatic carbocycles. The van der Waals surface area contributed by atoms with Gasteiger partial charge in [0.2, 0.25) is 5.91 Å². The first kappa shape index (κ1) is 13.2. The molecule has 1 N–H and O–H groups in total. The Kier molecular flexibility index (Phi) is 3.78. The van der Waals surface area contributed by atoms with Crippen LogP contribution in [-0.4, -0.2) is 20.9 Å². The van der Waals surface area contributed by atoms with Crippen molar-refractivity contribution in [3.63, 3.8) is 0 Å². The maximum absolute atomic E-state index is 12.4. The van der Waals surface area contributed by atoms with E-state index >= 15 is 0 Å². The van der Waals surface area contributed by atoms with Crippen LogP contribution in [0.25, 0.3) is 0 Å². The van der Waals surface area contributed by atoms with E-state index in [4.69, 9.17) is 0 Å². The van der Waals surface area contributed by atoms with Gasteiger partial charge in [-0.25, -0.2) is 4.68 Å². The predicted molar refractivity (Wildman–Crippen MR) is 80.9 cm³/mol. The first-order chi connectivity index (χ1) is 9.78. The first-order valence-electron chi connectivity index (χ1n) is 6.85. The molecule has 0 saturated heterocycles. The van der Waals surface area contributed by atoms with Crippen molar-refractivity contribution in [2.24, 2.45) is 0 Å². The van der Waals surface area contributed by atoms with Crippen molar-refractivity contribution in [1.82, 2.24) is 9.78 Å². The van der Waals surface area contributed by atoms with E-state index in [1.807, 2.05) is 22.9 Å². The van der Waals surface area contributed by atoms with E-state index in [0.29, 0.717) is 0 Å². The van der Waals surface area contributed by atoms with Crippen LogP contribution in [0, 0.1) is 0 Å². The predicted octanol–water partition coefficient (Wildman–Crippen LogP) is 2.95. The maximum atomic E-state index is 12.4. The lowest BCUT2D eigenvalue weighted by Gasteiger charge is -2.11. The molecule has 0 fully saturated rings. The van der Waals surface area contributed by atoms with E-state index in [1.54, 1.807) is 18.0 Å². The smallest absolute Gasteiger partial charge is 0.239 e. The van der Waals surface area contributed by atoms with Crippen LogP contribution in [0.1, 0.15) is 18.9 Å². The molecule has 1 aromatic heterocycles. The topological polar surface area (TPSA) is 46.9 Å². The molecule has 0 aliphatic carbocycles. The summed E-state index contributed by atoms with van der Waals surface area (Å²) in [6, 6.07) is 10.1. The van der Waals surface area contributed by atoms with Crippen LogP contribution >= 0.6 is 11.8 Å². The van der Waals surface area contributed by atoms with Gasteiger partial charge in [0.25, 0.3) is 0 Å². The van der Waals surface area contributed by atoms with Crippen LogP contribution in [0.4, 0.5) is 5.82 Å². The van der Waals surface area contributed by atoms with Gasteiger partial charge in [-0.1, -0.05) is 25.1 Å². The highest BCUT2D eigenvalue weighted by Gasteiger charge is 2.28. The molecule has 104 valence electrons. The van der Waals surface area contributed by atoms with Crippen LogP contribution in [0.2, 0.25) is 0 Å². The standard InChI is InChI=1S/C15H17N3OS/c1-2-9-18-14(7-8-16-18)17-15(19)13-10-11-5-3-4-6-12(11)20-13/h3-8,13H,2,9-10H2,1H3,(H,17,19). The van der Waals surface area contributed by atoms with Gasteiger partial charge in [-0.3, -0.25) is 4.79 Å². The van der Waals surface area contributed by atoms with E-state index in [9.17, 15) is 4.79 Å². The molecule has 2 heterocycles. The van der Waals surface area contributed by atoms with Crippen molar-refractivity contribution in [3.8, 4) is 0 Å². The third kappa shape index (κ3) is 2.58. The number of carbonyl (C=O) groups is 1. The molecular weight excluding hydrogens is 270 g/mol. The van der Waals surface area contributed by atoms with Gasteiger partial charge in [0, 0.05) is 17.5 Å². The van der Waals surface area contributed by atoms with Gasteiger partial charge < -0.3 is 5.32 Å². The summed E-state index contributed by atoms with van der Waals surface area (Å²) in [5.74, 6) is 0.845. The molecule has 1 aliphatic heterocycles. The monoisotopic (exact) mass is 287 g/mol. The summed E-state index contributed by atoms with van der Waals surface area (Å²) in [5, 5.41) is 7.17. The lowest BCUT2D eigenvalue weighted by molar-refractivity contribution is -0.115. The van der Waals surface area contributed by atoms with Gasteiger partial charge in [0.1, 0.15) is 5.82 Å². The number of hydrogen-bond donors (Lipinski definition) is 1. The number of amides is 1. The molecule has 1 atom stereocenters. The van der Waals surface area contributed by atoms with Crippen LogP contribution < -0.4 is 5.32 Å². The van der Waals surface area contributed by atoms with Crippen molar-refractivity contribution in [1.29, 1.82) is 0 Å². The van der Waals surface area contributed by atoms with Gasteiger partial charge in [0.15, 0.2) is 0 Å². The van der Waals surface area contributed by atoms with E-state index in [2.05, 4.69) is 29.5 Å². The highest BCUT2D eigenvalue weighted by molar-refractivity contribution is 8.01. The lowest BCUT2D eigenvalue weighted by Crippen LogP contribution is -2.26. The summed E-state index contributed by atoms with van der Waals surface area (Å²) in [4.78, 5) is 13.6. The Bertz CT molecular complexity index is 598. The summed E-state index contributed by atoms with van der Waals surface area (Å²) < 4.78 is 1.84. The van der Waals surface area contributed by atoms with E-state index in [-0.39, 0.29) is 11.2 Å². The Hall–Kier alpha value is -1.75. The van der Waals surface area contributed by atoms with Crippen molar-refractivity contribution in [2.45, 2.75) is 36.5 Å². The van der Waals surface area contributed by atoms with Crippen LogP contribution in [-0.2, 0) is 17.8 Å². The maximum Gasteiger partial charge on any atom is 0.239 e. The molecule has 5 heteroatoms. The Labute approximate surface area is 122 Å². The number of nitrogens with one attached hydrogen (secondary N) is 1. The minimum absolute atomic E-state index is 0.0441. The fourth-order valence-electron chi connectivity index (χ4n) is 2.36. The molecule has 0 saturated carbocycles. The van der Waals surface area contributed by atoms with Crippen LogP contribution in [0.5, 0.6) is 0 Å². The zero-order valence-electron chi connectivity index (χ0n) is 11.4. The number of carbonyl (C=O) groups excluding carboxylic acids is 1. The quantitative estimate of drug-likeness (QED) is 0.940. The second-order valence-corrected chi connectivity index (χ2v) is 6.09. The van der Waals surface area contributed by atoms with Gasteiger partial charge in [0.05, 0.1) is 11.4 Å². The van der Waals surface area contributed by atoms with E-state index < -0.39 is 0 Å². The highest BCUT2D eigenvalue weighted by Crippen LogP contribution is 2.37. The zero-order chi connectivity index (χ0) is 13.9. The second-order valence-electron chi connectivity index (χ2n) is 4.85. The van der Waals surface area contributed by atoms with Gasteiger partial charge in [-0.15, -0.1) is 11.8 Å². The second kappa shape index (κ2) is 5.71. The Morgan fingerprint density at radius 3 is 3.10 bits per heavy atom. The number of aryl methyl sites for hydroxylation is 1. The largest absolute Gasteiger partial charge is 0.310 e. The fourth-order valence-corrected chi connectivity index (χ4v) is 3.56. The average molecular weight is 287 g/mol. The molecule has 20 heavy (non-hydrogen) atoms. The van der Waals surface area contributed by atoms with Crippen molar-refractivity contribution in [3.05, 3.63) is 42.1 Å². The molecular formula is C15H17N3OS. The summed E-state index contributed by atoms with van der Waals surface area (Å²) in [6.45, 7) is 2.91. The molecule has 1 unspecified atom stereocenters. The minimum atomic E-state index is -0.0441. The van der Waals surface area contributed by atoms with E-state index in [1.165, 1.54) is 10.5 Å². The molecule has 0 spiro atoms. The Morgan fingerprint density at radius 2 is 2.30 bits per heavy atom. The molecule has 0 radical (unpaired) electrons. The summed E-state index contributed by atoms with van der Waals surface area (Å²) in [6.07, 6.45) is 3.52. The molecule has 1 aliphatic rings. The first-order valence-corrected chi connectivity index (χ1v) is 7.73. The van der Waals surface area contributed by atoms with Crippen LogP contribution in [0.15, 0.2) is 41.4 Å². The lowest BCUT2D eigenvalue weighted by atomic mass is 10.1. The summed E-state index contributed by atoms with van der Waals surface area (Å²) in [7, 11) is 0. The van der Waals surface area contributed by atoms with Crippen molar-refractivity contribution >= 4 is 23.5 Å². The number of fused-ring (bicyclic) bond motifs is 1. The average Bonchev–Trinajstić information content (AvgIpc) is 3.06. The number of hydrogen-bond acceptors (Lipinski definition) is 3. The van der Waals surface area contributed by atoms with Crippen LogP contribution in [0.3, 0.4) is 0 Å². The Balaban J connectivity index is 1.68. The van der Waals surface area contributed by atoms with Gasteiger partial charge >= 0.3 is 0 Å². The fraction of sp³-hybridized carbons (Fsp3) is 0.333. The summed E-state index contributed by atoms with van der Waals surface area (Å²) in [5.41, 5.74) is 1.26. The molecule has 3 rings (SSSR count). The third-order valence-electron chi connectivity index (χ3n) is 3.34. The Morgan fingerprint density at radius 1 is 1.45 bits per heavy atom. The molecule has 0 bridgehead atoms. The number of anilines is 1. The SMILES string of the molecule is CCCn1nccc1NC(=O)C1Cc2ccccc2S1. The van der Waals surface area contributed by atoms with Crippen molar-refractivity contribution < 1.29 is 4.79 Å². The third-order valence-corrected chi connectivity index (χ3v) is 4.66. The molecule has 4 nitrogen and oxygen atoms in total. The van der Waals surface area contributed by atoms with Gasteiger partial charge in [-0.2, -0.15) is 5.10 Å². The van der Waals surface area contributed by atoms with E-state index in [0.717, 1.165) is 25.2 Å². The number of nitrogens with zero attached hydrogens (tertiary/aromatic N) is 2. The highest BCUT2D eigenvalue weighted by atomic mass is 32.2. The number of benzene rings is 1. The van der Waals surface area contributed by atoms with Gasteiger partial charge in [-0.05, 0) is 24.5 Å². The number of aromatic nitrogens is 2.